The van der Waals surface area contributed by atoms with Crippen LogP contribution in [0.5, 0.6) is 0 Å². The minimum atomic E-state index is 0.644. The van der Waals surface area contributed by atoms with Gasteiger partial charge in [0.2, 0.25) is 0 Å². The highest BCUT2D eigenvalue weighted by atomic mass is 32.2. The summed E-state index contributed by atoms with van der Waals surface area (Å²) < 4.78 is 5.57. The van der Waals surface area contributed by atoms with Gasteiger partial charge in [0.1, 0.15) is 22.2 Å². The number of rotatable bonds is 5. The Morgan fingerprint density at radius 1 is 1.29 bits per heavy atom. The molecule has 0 radical (unpaired) electrons. The van der Waals surface area contributed by atoms with Crippen molar-refractivity contribution in [2.24, 2.45) is 0 Å². The minimum Gasteiger partial charge on any atom is -0.437 e. The molecule has 5 nitrogen and oxygen atoms in total. The summed E-state index contributed by atoms with van der Waals surface area (Å²) in [7, 11) is 0. The molecule has 3 rings (SSSR count). The molecule has 110 valence electrons. The number of thiophene rings is 1. The van der Waals surface area contributed by atoms with Crippen LogP contribution in [0.25, 0.3) is 10.2 Å². The summed E-state index contributed by atoms with van der Waals surface area (Å²) in [4.78, 5) is 14.6. The first-order valence-corrected chi connectivity index (χ1v) is 8.58. The van der Waals surface area contributed by atoms with Crippen LogP contribution in [0, 0.1) is 13.8 Å². The predicted octanol–water partition coefficient (Wildman–Crippen LogP) is 4.02. The van der Waals surface area contributed by atoms with Crippen LogP contribution in [-0.2, 0) is 5.75 Å². The van der Waals surface area contributed by atoms with E-state index in [1.54, 1.807) is 11.3 Å². The Kier molecular flexibility index (Phi) is 4.12. The van der Waals surface area contributed by atoms with Gasteiger partial charge in [0.25, 0.3) is 5.22 Å². The highest BCUT2D eigenvalue weighted by molar-refractivity contribution is 7.98. The molecule has 0 bridgehead atoms. The van der Waals surface area contributed by atoms with Gasteiger partial charge in [-0.2, -0.15) is 0 Å². The number of hydrogen-bond donors (Lipinski definition) is 1. The van der Waals surface area contributed by atoms with E-state index in [-0.39, 0.29) is 0 Å². The number of thioether (sulfide) groups is 1. The normalized spacial score (nSPS) is 11.2. The van der Waals surface area contributed by atoms with E-state index in [0.29, 0.717) is 11.0 Å². The van der Waals surface area contributed by atoms with E-state index in [9.17, 15) is 0 Å². The van der Waals surface area contributed by atoms with Crippen molar-refractivity contribution >= 4 is 39.1 Å². The molecular weight excluding hydrogens is 304 g/mol. The molecule has 0 aliphatic rings. The Bertz CT molecular complexity index is 746. The van der Waals surface area contributed by atoms with Crippen LogP contribution in [-0.4, -0.2) is 21.5 Å². The number of anilines is 1. The van der Waals surface area contributed by atoms with Crippen LogP contribution >= 0.6 is 23.1 Å². The zero-order valence-electron chi connectivity index (χ0n) is 12.1. The fourth-order valence-electron chi connectivity index (χ4n) is 1.90. The molecule has 0 aliphatic heterocycles. The summed E-state index contributed by atoms with van der Waals surface area (Å²) in [6, 6.07) is 2.05. The van der Waals surface area contributed by atoms with Crippen molar-refractivity contribution in [1.29, 1.82) is 0 Å². The van der Waals surface area contributed by atoms with Crippen molar-refractivity contribution in [2.75, 3.05) is 11.9 Å². The first-order chi connectivity index (χ1) is 10.2. The van der Waals surface area contributed by atoms with Gasteiger partial charge in [0, 0.05) is 6.54 Å². The lowest BCUT2D eigenvalue weighted by Gasteiger charge is -2.06. The summed E-state index contributed by atoms with van der Waals surface area (Å²) in [6.45, 7) is 6.77. The Morgan fingerprint density at radius 2 is 2.14 bits per heavy atom. The lowest BCUT2D eigenvalue weighted by molar-refractivity contribution is 0.431. The summed E-state index contributed by atoms with van der Waals surface area (Å²) in [5.41, 5.74) is 0.931. The fourth-order valence-corrected chi connectivity index (χ4v) is 3.45. The minimum absolute atomic E-state index is 0.644. The molecule has 3 aromatic rings. The molecule has 0 aliphatic carbocycles. The molecule has 0 aromatic carbocycles. The molecule has 3 aromatic heterocycles. The van der Waals surface area contributed by atoms with Crippen LogP contribution in [0.3, 0.4) is 0 Å². The van der Waals surface area contributed by atoms with E-state index in [0.717, 1.165) is 39.9 Å². The van der Waals surface area contributed by atoms with Gasteiger partial charge in [-0.05, 0) is 32.2 Å². The average Bonchev–Trinajstić information content (AvgIpc) is 3.04. The summed E-state index contributed by atoms with van der Waals surface area (Å²) >= 11 is 3.15. The molecule has 0 atom stereocenters. The zero-order valence-corrected chi connectivity index (χ0v) is 13.8. The van der Waals surface area contributed by atoms with Gasteiger partial charge in [-0.1, -0.05) is 11.8 Å². The largest absolute Gasteiger partial charge is 0.437 e. The highest BCUT2D eigenvalue weighted by Crippen LogP contribution is 2.28. The average molecular weight is 320 g/mol. The molecule has 0 unspecified atom stereocenters. The molecule has 0 saturated carbocycles. The van der Waals surface area contributed by atoms with Crippen molar-refractivity contribution in [2.45, 2.75) is 31.7 Å². The topological polar surface area (TPSA) is 63.8 Å². The van der Waals surface area contributed by atoms with Crippen LogP contribution in [0.4, 0.5) is 5.82 Å². The highest BCUT2D eigenvalue weighted by Gasteiger charge is 2.11. The molecular formula is C14H16N4OS2. The first-order valence-electron chi connectivity index (χ1n) is 6.72. The molecule has 0 fully saturated rings. The Balaban J connectivity index is 1.83. The van der Waals surface area contributed by atoms with E-state index >= 15 is 0 Å². The summed E-state index contributed by atoms with van der Waals surface area (Å²) in [6.07, 6.45) is 0. The van der Waals surface area contributed by atoms with Crippen LogP contribution in [0.15, 0.2) is 21.1 Å². The third-order valence-electron chi connectivity index (χ3n) is 3.05. The maximum atomic E-state index is 5.57. The van der Waals surface area contributed by atoms with Crippen molar-refractivity contribution in [3.63, 3.8) is 0 Å². The van der Waals surface area contributed by atoms with Crippen molar-refractivity contribution in [1.82, 2.24) is 15.0 Å². The van der Waals surface area contributed by atoms with E-state index in [2.05, 4.69) is 33.3 Å². The maximum Gasteiger partial charge on any atom is 0.256 e. The fraction of sp³-hybridized carbons (Fsp3) is 0.357. The third kappa shape index (κ3) is 3.03. The number of aromatic nitrogens is 3. The van der Waals surface area contributed by atoms with Crippen molar-refractivity contribution in [3.05, 3.63) is 28.7 Å². The monoisotopic (exact) mass is 320 g/mol. The van der Waals surface area contributed by atoms with Crippen LogP contribution in [0.2, 0.25) is 0 Å². The van der Waals surface area contributed by atoms with Crippen LogP contribution in [0.1, 0.15) is 24.2 Å². The van der Waals surface area contributed by atoms with Gasteiger partial charge in [0.15, 0.2) is 0 Å². The third-order valence-corrected chi connectivity index (χ3v) is 4.68. The smallest absolute Gasteiger partial charge is 0.256 e. The van der Waals surface area contributed by atoms with Gasteiger partial charge in [-0.25, -0.2) is 15.0 Å². The van der Waals surface area contributed by atoms with E-state index in [4.69, 9.17) is 4.42 Å². The molecule has 0 saturated heterocycles. The number of nitrogens with one attached hydrogen (secondary N) is 1. The predicted molar refractivity (Wildman–Crippen MR) is 87.1 cm³/mol. The van der Waals surface area contributed by atoms with Crippen molar-refractivity contribution in [3.8, 4) is 0 Å². The Morgan fingerprint density at radius 3 is 2.86 bits per heavy atom. The second kappa shape index (κ2) is 6.03. The van der Waals surface area contributed by atoms with Gasteiger partial charge < -0.3 is 9.73 Å². The van der Waals surface area contributed by atoms with Crippen molar-refractivity contribution < 1.29 is 4.42 Å². The maximum absolute atomic E-state index is 5.57. The first kappa shape index (κ1) is 14.3. The Hall–Kier alpha value is -1.60. The molecule has 7 heteroatoms. The van der Waals surface area contributed by atoms with Gasteiger partial charge in [0.05, 0.1) is 16.8 Å². The molecule has 1 N–H and O–H groups in total. The summed E-state index contributed by atoms with van der Waals surface area (Å²) in [5, 5.41) is 7.09. The Labute approximate surface area is 131 Å². The number of aryl methyl sites for hydroxylation is 2. The number of fused-ring (bicyclic) bond motifs is 1. The van der Waals surface area contributed by atoms with E-state index < -0.39 is 0 Å². The summed E-state index contributed by atoms with van der Waals surface area (Å²) in [5.74, 6) is 3.20. The second-order valence-electron chi connectivity index (χ2n) is 4.57. The van der Waals surface area contributed by atoms with E-state index in [1.807, 2.05) is 19.2 Å². The van der Waals surface area contributed by atoms with Gasteiger partial charge >= 0.3 is 0 Å². The van der Waals surface area contributed by atoms with Crippen LogP contribution < -0.4 is 5.32 Å². The van der Waals surface area contributed by atoms with E-state index in [1.165, 1.54) is 11.8 Å². The second-order valence-corrected chi connectivity index (χ2v) is 6.39. The lowest BCUT2D eigenvalue weighted by atomic mass is 10.3. The number of oxazole rings is 1. The molecule has 21 heavy (non-hydrogen) atoms. The number of hydrogen-bond acceptors (Lipinski definition) is 7. The number of nitrogens with zero attached hydrogens (tertiary/aromatic N) is 3. The SMILES string of the molecule is CCNc1nc(CSc2nc(C)c(C)o2)nc2sccc12. The molecule has 0 spiro atoms. The quantitative estimate of drug-likeness (QED) is 0.716. The zero-order chi connectivity index (χ0) is 14.8. The molecule has 0 amide bonds. The standard InChI is InChI=1S/C14H16N4OS2/c1-4-15-12-10-5-6-20-13(10)18-11(17-12)7-21-14-16-8(2)9(3)19-14/h5-6H,4,7H2,1-3H3,(H,15,17,18). The van der Waals surface area contributed by atoms with Gasteiger partial charge in [-0.3, -0.25) is 0 Å². The molecule has 3 heterocycles. The van der Waals surface area contributed by atoms with Gasteiger partial charge in [-0.15, -0.1) is 11.3 Å². The lowest BCUT2D eigenvalue weighted by Crippen LogP contribution is -2.03.